The van der Waals surface area contributed by atoms with Crippen LogP contribution in [0.5, 0.6) is 0 Å². The van der Waals surface area contributed by atoms with Crippen molar-refractivity contribution < 1.29 is 14.4 Å². The van der Waals surface area contributed by atoms with Crippen molar-refractivity contribution in [1.82, 2.24) is 0 Å². The second kappa shape index (κ2) is 6.83. The van der Waals surface area contributed by atoms with E-state index < -0.39 is 11.5 Å². The standard InChI is InChI=1S/C23H16N2O3S/c26-21(19-11-6-14-29-19)20-18(13-12-15-7-2-1-3-8-15)25-28-23(20)16-9-4-5-10-17(16)24-22(23)27/h1-14,20H,(H,24,27)/b13-12+/t20-,23-/m1/s1. The monoisotopic (exact) mass is 400 g/mol. The van der Waals surface area contributed by atoms with Gasteiger partial charge in [-0.15, -0.1) is 11.3 Å². The quantitative estimate of drug-likeness (QED) is 0.656. The van der Waals surface area contributed by atoms with Crippen LogP contribution in [0, 0.1) is 5.92 Å². The molecule has 2 aliphatic rings. The van der Waals surface area contributed by atoms with E-state index in [0.717, 1.165) is 5.56 Å². The Hall–Kier alpha value is -3.51. The molecule has 0 aliphatic carbocycles. The van der Waals surface area contributed by atoms with Gasteiger partial charge in [-0.25, -0.2) is 0 Å². The van der Waals surface area contributed by atoms with Crippen LogP contribution in [0.3, 0.4) is 0 Å². The Morgan fingerprint density at radius 2 is 1.83 bits per heavy atom. The van der Waals surface area contributed by atoms with E-state index in [9.17, 15) is 9.59 Å². The van der Waals surface area contributed by atoms with E-state index in [0.29, 0.717) is 21.8 Å². The molecule has 1 spiro atoms. The lowest BCUT2D eigenvalue weighted by atomic mass is 9.76. The van der Waals surface area contributed by atoms with Crippen LogP contribution in [0.1, 0.15) is 20.8 Å². The molecule has 5 nitrogen and oxygen atoms in total. The highest BCUT2D eigenvalue weighted by atomic mass is 32.1. The number of para-hydroxylation sites is 1. The molecule has 0 saturated carbocycles. The number of rotatable bonds is 4. The fourth-order valence-electron chi connectivity index (χ4n) is 3.82. The highest BCUT2D eigenvalue weighted by Gasteiger charge is 2.62. The summed E-state index contributed by atoms with van der Waals surface area (Å²) in [6.45, 7) is 0. The Balaban J connectivity index is 1.61. The van der Waals surface area contributed by atoms with Crippen LogP contribution in [0.15, 0.2) is 83.3 Å². The third kappa shape index (κ3) is 2.72. The Kier molecular flexibility index (Phi) is 4.14. The fourth-order valence-corrected chi connectivity index (χ4v) is 4.52. The molecule has 2 atom stereocenters. The molecule has 2 aliphatic heterocycles. The SMILES string of the molecule is O=C(c1cccs1)[C@H]1C(/C=C/c2ccccc2)=NO[C@@]12C(=O)Nc1ccccc12. The van der Waals surface area contributed by atoms with Crippen LogP contribution < -0.4 is 5.32 Å². The zero-order chi connectivity index (χ0) is 19.8. The normalized spacial score (nSPS) is 22.4. The number of allylic oxidation sites excluding steroid dienone is 1. The number of hydrogen-bond donors (Lipinski definition) is 1. The third-order valence-corrected chi connectivity index (χ3v) is 6.07. The van der Waals surface area contributed by atoms with Crippen molar-refractivity contribution in [2.45, 2.75) is 5.60 Å². The molecule has 2 aromatic carbocycles. The minimum atomic E-state index is -1.49. The first kappa shape index (κ1) is 17.6. The van der Waals surface area contributed by atoms with Gasteiger partial charge < -0.3 is 10.2 Å². The Morgan fingerprint density at radius 1 is 1.03 bits per heavy atom. The fraction of sp³-hybridized carbons (Fsp3) is 0.0870. The van der Waals surface area contributed by atoms with Gasteiger partial charge in [-0.3, -0.25) is 9.59 Å². The van der Waals surface area contributed by atoms with Crippen LogP contribution >= 0.6 is 11.3 Å². The Labute approximate surface area is 171 Å². The zero-order valence-corrected chi connectivity index (χ0v) is 16.1. The van der Waals surface area contributed by atoms with E-state index in [1.165, 1.54) is 11.3 Å². The molecule has 3 heterocycles. The van der Waals surface area contributed by atoms with Gasteiger partial charge in [0.1, 0.15) is 5.92 Å². The highest BCUT2D eigenvalue weighted by Crippen LogP contribution is 2.49. The van der Waals surface area contributed by atoms with Gasteiger partial charge in [0.05, 0.1) is 10.6 Å². The number of amides is 1. The van der Waals surface area contributed by atoms with Gasteiger partial charge in [-0.05, 0) is 29.2 Å². The number of benzene rings is 2. The number of nitrogens with one attached hydrogen (secondary N) is 1. The number of thiophene rings is 1. The van der Waals surface area contributed by atoms with Gasteiger partial charge in [-0.2, -0.15) is 0 Å². The topological polar surface area (TPSA) is 67.8 Å². The molecule has 5 rings (SSSR count). The van der Waals surface area contributed by atoms with Crippen molar-refractivity contribution >= 4 is 40.5 Å². The molecule has 6 heteroatoms. The zero-order valence-electron chi connectivity index (χ0n) is 15.2. The summed E-state index contributed by atoms with van der Waals surface area (Å²) in [4.78, 5) is 32.9. The average Bonchev–Trinajstić information content (AvgIpc) is 3.47. The Bertz CT molecular complexity index is 1150. The second-order valence-corrected chi connectivity index (χ2v) is 7.81. The van der Waals surface area contributed by atoms with Crippen molar-refractivity contribution in [3.05, 3.63) is 94.2 Å². The van der Waals surface area contributed by atoms with E-state index >= 15 is 0 Å². The molecule has 0 radical (unpaired) electrons. The number of carbonyl (C=O) groups excluding carboxylic acids is 2. The minimum absolute atomic E-state index is 0.180. The molecule has 0 unspecified atom stereocenters. The number of oxime groups is 1. The van der Waals surface area contributed by atoms with Gasteiger partial charge in [-0.1, -0.05) is 65.8 Å². The molecular weight excluding hydrogens is 384 g/mol. The lowest BCUT2D eigenvalue weighted by Gasteiger charge is -2.25. The maximum atomic E-state index is 13.5. The van der Waals surface area contributed by atoms with Crippen molar-refractivity contribution in [2.75, 3.05) is 5.32 Å². The van der Waals surface area contributed by atoms with Gasteiger partial charge in [0.25, 0.3) is 11.5 Å². The van der Waals surface area contributed by atoms with Crippen molar-refractivity contribution in [2.24, 2.45) is 11.1 Å². The van der Waals surface area contributed by atoms with Crippen molar-refractivity contribution in [3.63, 3.8) is 0 Å². The number of hydrogen-bond acceptors (Lipinski definition) is 5. The third-order valence-electron chi connectivity index (χ3n) is 5.18. The highest BCUT2D eigenvalue weighted by molar-refractivity contribution is 7.12. The predicted molar refractivity (Wildman–Crippen MR) is 113 cm³/mol. The maximum Gasteiger partial charge on any atom is 0.277 e. The summed E-state index contributed by atoms with van der Waals surface area (Å²) >= 11 is 1.34. The lowest BCUT2D eigenvalue weighted by Crippen LogP contribution is -2.46. The first-order valence-corrected chi connectivity index (χ1v) is 10.1. The molecule has 29 heavy (non-hydrogen) atoms. The summed E-state index contributed by atoms with van der Waals surface area (Å²) in [6.07, 6.45) is 3.63. The number of anilines is 1. The van der Waals surface area contributed by atoms with Gasteiger partial charge >= 0.3 is 0 Å². The summed E-state index contributed by atoms with van der Waals surface area (Å²) in [5, 5.41) is 8.89. The molecule has 1 aromatic heterocycles. The van der Waals surface area contributed by atoms with Crippen LogP contribution in [0.4, 0.5) is 5.69 Å². The van der Waals surface area contributed by atoms with E-state index in [4.69, 9.17) is 4.84 Å². The Morgan fingerprint density at radius 3 is 2.62 bits per heavy atom. The van der Waals surface area contributed by atoms with Crippen LogP contribution in [0.25, 0.3) is 6.08 Å². The first-order valence-electron chi connectivity index (χ1n) is 9.18. The number of nitrogens with zero attached hydrogens (tertiary/aromatic N) is 1. The van der Waals surface area contributed by atoms with Gasteiger partial charge in [0.2, 0.25) is 0 Å². The molecule has 0 saturated heterocycles. The molecule has 1 amide bonds. The van der Waals surface area contributed by atoms with Crippen LogP contribution in [0.2, 0.25) is 0 Å². The average molecular weight is 400 g/mol. The van der Waals surface area contributed by atoms with E-state index in [2.05, 4.69) is 10.5 Å². The summed E-state index contributed by atoms with van der Waals surface area (Å²) in [7, 11) is 0. The summed E-state index contributed by atoms with van der Waals surface area (Å²) in [5.41, 5.74) is 1.18. The van der Waals surface area contributed by atoms with Crippen LogP contribution in [-0.4, -0.2) is 17.4 Å². The van der Waals surface area contributed by atoms with Gasteiger partial charge in [0.15, 0.2) is 5.78 Å². The van der Waals surface area contributed by atoms with Crippen LogP contribution in [-0.2, 0) is 15.2 Å². The number of fused-ring (bicyclic) bond motifs is 2. The number of Topliss-reactive ketones (excluding diaryl/α,β-unsaturated/α-hetero) is 1. The number of ketones is 1. The van der Waals surface area contributed by atoms with Gasteiger partial charge in [0, 0.05) is 11.3 Å². The first-order chi connectivity index (χ1) is 14.2. The van der Waals surface area contributed by atoms with E-state index in [1.807, 2.05) is 60.0 Å². The van der Waals surface area contributed by atoms with E-state index in [-0.39, 0.29) is 11.7 Å². The molecule has 1 N–H and O–H groups in total. The summed E-state index contributed by atoms with van der Waals surface area (Å²) in [5.74, 6) is -1.42. The summed E-state index contributed by atoms with van der Waals surface area (Å²) in [6, 6.07) is 20.6. The molecule has 0 bridgehead atoms. The smallest absolute Gasteiger partial charge is 0.277 e. The second-order valence-electron chi connectivity index (χ2n) is 6.86. The minimum Gasteiger partial charge on any atom is -0.373 e. The number of carbonyl (C=O) groups is 2. The summed E-state index contributed by atoms with van der Waals surface area (Å²) < 4.78 is 0. The van der Waals surface area contributed by atoms with Crippen molar-refractivity contribution in [1.29, 1.82) is 0 Å². The molecule has 0 fully saturated rings. The maximum absolute atomic E-state index is 13.5. The largest absolute Gasteiger partial charge is 0.373 e. The molecular formula is C23H16N2O3S. The lowest BCUT2D eigenvalue weighted by molar-refractivity contribution is -0.140. The van der Waals surface area contributed by atoms with E-state index in [1.54, 1.807) is 24.3 Å². The molecule has 142 valence electrons. The predicted octanol–water partition coefficient (Wildman–Crippen LogP) is 4.49. The van der Waals surface area contributed by atoms with Crippen molar-refractivity contribution in [3.8, 4) is 0 Å². The molecule has 3 aromatic rings.